The van der Waals surface area contributed by atoms with Gasteiger partial charge in [-0.05, 0) is 37.8 Å². The first kappa shape index (κ1) is 19.1. The van der Waals surface area contributed by atoms with Crippen LogP contribution in [-0.2, 0) is 4.79 Å². The summed E-state index contributed by atoms with van der Waals surface area (Å²) in [5.41, 5.74) is 2.62. The molecule has 1 N–H and O–H groups in total. The monoisotopic (exact) mass is 398 g/mol. The Hall–Kier alpha value is -2.28. The number of anilines is 1. The van der Waals surface area contributed by atoms with E-state index in [-0.39, 0.29) is 17.9 Å². The molecule has 1 aliphatic heterocycles. The molecule has 2 heterocycles. The number of nitrogens with one attached hydrogen (secondary N) is 1. The summed E-state index contributed by atoms with van der Waals surface area (Å²) < 4.78 is 0. The largest absolute Gasteiger partial charge is 0.329 e. The molecule has 148 valence electrons. The van der Waals surface area contributed by atoms with Gasteiger partial charge in [-0.1, -0.05) is 55.7 Å². The summed E-state index contributed by atoms with van der Waals surface area (Å²) >= 11 is 1.31. The number of carbonyl (C=O) groups excluding carboxylic acids is 2. The Balaban J connectivity index is 1.86. The summed E-state index contributed by atoms with van der Waals surface area (Å²) in [5, 5.41) is 11.3. The van der Waals surface area contributed by atoms with Gasteiger partial charge in [0.2, 0.25) is 11.0 Å². The van der Waals surface area contributed by atoms with Crippen LogP contribution < -0.4 is 5.32 Å². The average Bonchev–Trinajstić information content (AvgIpc) is 3.21. The number of fused-ring (bicyclic) bond motifs is 1. The molecular formula is C21H26N4O2S. The Morgan fingerprint density at radius 1 is 1.32 bits per heavy atom. The summed E-state index contributed by atoms with van der Waals surface area (Å²) in [4.78, 5) is 29.1. The van der Waals surface area contributed by atoms with Crippen molar-refractivity contribution in [2.75, 3.05) is 5.32 Å². The van der Waals surface area contributed by atoms with E-state index in [1.165, 1.54) is 11.3 Å². The van der Waals surface area contributed by atoms with Gasteiger partial charge in [0.1, 0.15) is 5.51 Å². The predicted octanol–water partition coefficient (Wildman–Crippen LogP) is 4.22. The average molecular weight is 399 g/mol. The second-order valence-corrected chi connectivity index (χ2v) is 8.68. The lowest BCUT2D eigenvalue weighted by Gasteiger charge is -2.55. The Morgan fingerprint density at radius 3 is 2.75 bits per heavy atom. The predicted molar refractivity (Wildman–Crippen MR) is 109 cm³/mol. The third-order valence-electron chi connectivity index (χ3n) is 6.34. The maximum atomic E-state index is 13.6. The third kappa shape index (κ3) is 3.02. The van der Waals surface area contributed by atoms with Gasteiger partial charge in [-0.2, -0.15) is 0 Å². The molecule has 1 spiro atoms. The van der Waals surface area contributed by atoms with E-state index in [0.29, 0.717) is 10.7 Å². The molecule has 2 amide bonds. The van der Waals surface area contributed by atoms with E-state index in [9.17, 15) is 9.59 Å². The molecule has 0 radical (unpaired) electrons. The maximum Gasteiger partial charge on any atom is 0.254 e. The van der Waals surface area contributed by atoms with Crippen molar-refractivity contribution >= 4 is 28.3 Å². The van der Waals surface area contributed by atoms with E-state index in [2.05, 4.69) is 29.4 Å². The summed E-state index contributed by atoms with van der Waals surface area (Å²) in [6.45, 7) is 4.20. The summed E-state index contributed by atoms with van der Waals surface area (Å²) in [6, 6.07) is 7.68. The van der Waals surface area contributed by atoms with Crippen LogP contribution in [0.15, 0.2) is 29.8 Å². The quantitative estimate of drug-likeness (QED) is 0.837. The van der Waals surface area contributed by atoms with Gasteiger partial charge in [-0.15, -0.1) is 10.2 Å². The molecule has 1 aromatic heterocycles. The second kappa shape index (κ2) is 7.62. The second-order valence-electron chi connectivity index (χ2n) is 7.85. The molecule has 1 aliphatic carbocycles. The zero-order valence-corrected chi connectivity index (χ0v) is 17.2. The SMILES string of the molecule is CC[C@@H](C)N1C(=O)c2ccccc2[C@H](C(=O)Nc2nncs2)C12CCCCC2. The minimum Gasteiger partial charge on any atom is -0.329 e. The molecule has 6 nitrogen and oxygen atoms in total. The lowest BCUT2D eigenvalue weighted by Crippen LogP contribution is -2.64. The van der Waals surface area contributed by atoms with Gasteiger partial charge in [0.15, 0.2) is 0 Å². The van der Waals surface area contributed by atoms with E-state index < -0.39 is 11.5 Å². The van der Waals surface area contributed by atoms with Crippen LogP contribution in [0.25, 0.3) is 0 Å². The summed E-state index contributed by atoms with van der Waals surface area (Å²) in [6.07, 6.45) is 5.78. The summed E-state index contributed by atoms with van der Waals surface area (Å²) in [7, 11) is 0. The molecule has 0 unspecified atom stereocenters. The lowest BCUT2D eigenvalue weighted by atomic mass is 9.64. The molecule has 0 saturated heterocycles. The zero-order valence-electron chi connectivity index (χ0n) is 16.4. The maximum absolute atomic E-state index is 13.6. The number of aromatic nitrogens is 2. The Labute approximate surface area is 169 Å². The van der Waals surface area contributed by atoms with Crippen LogP contribution in [0.5, 0.6) is 0 Å². The highest BCUT2D eigenvalue weighted by molar-refractivity contribution is 7.13. The normalized spacial score (nSPS) is 22.0. The molecule has 0 bridgehead atoms. The van der Waals surface area contributed by atoms with Crippen molar-refractivity contribution in [2.24, 2.45) is 0 Å². The number of benzene rings is 1. The first-order chi connectivity index (χ1) is 13.6. The van der Waals surface area contributed by atoms with Crippen LogP contribution in [0.1, 0.15) is 74.2 Å². The Bertz CT molecular complexity index is 861. The fourth-order valence-electron chi connectivity index (χ4n) is 5.01. The van der Waals surface area contributed by atoms with Crippen molar-refractivity contribution in [3.05, 3.63) is 40.9 Å². The van der Waals surface area contributed by atoms with Crippen molar-refractivity contribution in [1.29, 1.82) is 0 Å². The van der Waals surface area contributed by atoms with E-state index >= 15 is 0 Å². The minimum absolute atomic E-state index is 0.0619. The van der Waals surface area contributed by atoms with Crippen LogP contribution in [0.2, 0.25) is 0 Å². The van der Waals surface area contributed by atoms with Crippen LogP contribution in [0, 0.1) is 0 Å². The minimum atomic E-state index is -0.478. The fourth-order valence-corrected chi connectivity index (χ4v) is 5.46. The van der Waals surface area contributed by atoms with Crippen LogP contribution in [0.3, 0.4) is 0 Å². The van der Waals surface area contributed by atoms with Gasteiger partial charge >= 0.3 is 0 Å². The zero-order chi connectivity index (χ0) is 19.7. The first-order valence-corrected chi connectivity index (χ1v) is 11.0. The van der Waals surface area contributed by atoms with Gasteiger partial charge in [-0.25, -0.2) is 0 Å². The highest BCUT2D eigenvalue weighted by Gasteiger charge is 2.55. The third-order valence-corrected chi connectivity index (χ3v) is 6.95. The molecule has 28 heavy (non-hydrogen) atoms. The highest BCUT2D eigenvalue weighted by atomic mass is 32.1. The van der Waals surface area contributed by atoms with Gasteiger partial charge < -0.3 is 4.90 Å². The van der Waals surface area contributed by atoms with E-state index in [0.717, 1.165) is 44.1 Å². The van der Waals surface area contributed by atoms with Crippen molar-refractivity contribution in [1.82, 2.24) is 15.1 Å². The lowest BCUT2D eigenvalue weighted by molar-refractivity contribution is -0.122. The number of nitrogens with zero attached hydrogens (tertiary/aromatic N) is 3. The molecule has 1 saturated carbocycles. The van der Waals surface area contributed by atoms with Crippen molar-refractivity contribution in [3.63, 3.8) is 0 Å². The standard InChI is InChI=1S/C21H26N4O2S/c1-3-14(2)25-19(27)16-10-6-5-9-15(16)17(21(25)11-7-4-8-12-21)18(26)23-20-24-22-13-28-20/h5-6,9-10,13-14,17H,3-4,7-8,11-12H2,1-2H3,(H,23,24,26)/t14-,17-/m1/s1. The topological polar surface area (TPSA) is 75.2 Å². The van der Waals surface area contributed by atoms with E-state index in [1.54, 1.807) is 5.51 Å². The highest BCUT2D eigenvalue weighted by Crippen LogP contribution is 2.50. The van der Waals surface area contributed by atoms with Crippen LogP contribution >= 0.6 is 11.3 Å². The number of hydrogen-bond acceptors (Lipinski definition) is 5. The number of amides is 2. The number of carbonyl (C=O) groups is 2. The van der Waals surface area contributed by atoms with Gasteiger partial charge in [-0.3, -0.25) is 14.9 Å². The molecular weight excluding hydrogens is 372 g/mol. The Morgan fingerprint density at radius 2 is 2.07 bits per heavy atom. The van der Waals surface area contributed by atoms with Gasteiger partial charge in [0.25, 0.3) is 5.91 Å². The molecule has 1 fully saturated rings. The van der Waals surface area contributed by atoms with Crippen molar-refractivity contribution < 1.29 is 9.59 Å². The summed E-state index contributed by atoms with van der Waals surface area (Å²) in [5.74, 6) is -0.432. The van der Waals surface area contributed by atoms with Gasteiger partial charge in [0.05, 0.1) is 11.5 Å². The molecule has 2 atom stereocenters. The van der Waals surface area contributed by atoms with E-state index in [1.807, 2.05) is 29.2 Å². The molecule has 2 aliphatic rings. The molecule has 1 aromatic carbocycles. The molecule has 7 heteroatoms. The number of rotatable bonds is 4. The van der Waals surface area contributed by atoms with E-state index in [4.69, 9.17) is 0 Å². The smallest absolute Gasteiger partial charge is 0.254 e. The number of hydrogen-bond donors (Lipinski definition) is 1. The molecule has 4 rings (SSSR count). The van der Waals surface area contributed by atoms with Crippen molar-refractivity contribution in [3.8, 4) is 0 Å². The van der Waals surface area contributed by atoms with Crippen LogP contribution in [-0.4, -0.2) is 38.5 Å². The Kier molecular flexibility index (Phi) is 5.19. The van der Waals surface area contributed by atoms with Gasteiger partial charge in [0, 0.05) is 11.6 Å². The fraction of sp³-hybridized carbons (Fsp3) is 0.524. The molecule has 2 aromatic rings. The van der Waals surface area contributed by atoms with Crippen LogP contribution in [0.4, 0.5) is 5.13 Å². The first-order valence-electron chi connectivity index (χ1n) is 10.1. The van der Waals surface area contributed by atoms with Crippen molar-refractivity contribution in [2.45, 2.75) is 69.9 Å².